The number of esters is 1. The predicted octanol–water partition coefficient (Wildman–Crippen LogP) is 4.51. The van der Waals surface area contributed by atoms with E-state index in [0.717, 1.165) is 16.3 Å². The van der Waals surface area contributed by atoms with Gasteiger partial charge in [-0.15, -0.1) is 0 Å². The smallest absolute Gasteiger partial charge is 0.308 e. The van der Waals surface area contributed by atoms with Gasteiger partial charge in [-0.3, -0.25) is 14.4 Å². The number of carbonyl (C=O) groups is 3. The SMILES string of the molecule is CCOC(=O)CC(NC(=O)C1CCN(C(=O)c2cccc3ccccc23)CC1)c1cccc(OC)c1. The molecule has 1 saturated heterocycles. The first-order valence-electron chi connectivity index (χ1n) is 12.4. The Labute approximate surface area is 211 Å². The van der Waals surface area contributed by atoms with Crippen LogP contribution in [0.3, 0.4) is 0 Å². The van der Waals surface area contributed by atoms with Crippen molar-refractivity contribution in [2.24, 2.45) is 5.92 Å². The molecule has 188 valence electrons. The molecule has 3 aromatic carbocycles. The molecule has 3 aromatic rings. The second-order valence-electron chi connectivity index (χ2n) is 8.94. The molecule has 0 bridgehead atoms. The van der Waals surface area contributed by atoms with Crippen molar-refractivity contribution in [1.29, 1.82) is 0 Å². The van der Waals surface area contributed by atoms with Crippen molar-refractivity contribution in [2.45, 2.75) is 32.2 Å². The van der Waals surface area contributed by atoms with Gasteiger partial charge in [-0.1, -0.05) is 48.5 Å². The van der Waals surface area contributed by atoms with Crippen LogP contribution >= 0.6 is 0 Å². The molecule has 7 heteroatoms. The van der Waals surface area contributed by atoms with E-state index in [4.69, 9.17) is 9.47 Å². The Kier molecular flexibility index (Phi) is 8.21. The highest BCUT2D eigenvalue weighted by Gasteiger charge is 2.30. The molecule has 36 heavy (non-hydrogen) atoms. The lowest BCUT2D eigenvalue weighted by atomic mass is 9.93. The molecule has 1 heterocycles. The van der Waals surface area contributed by atoms with E-state index in [1.165, 1.54) is 0 Å². The lowest BCUT2D eigenvalue weighted by molar-refractivity contribution is -0.144. The fourth-order valence-electron chi connectivity index (χ4n) is 4.71. The van der Waals surface area contributed by atoms with Crippen LogP contribution in [0.1, 0.15) is 48.1 Å². The molecule has 1 aliphatic rings. The highest BCUT2D eigenvalue weighted by molar-refractivity contribution is 6.07. The molecule has 1 fully saturated rings. The van der Waals surface area contributed by atoms with Crippen LogP contribution in [0.2, 0.25) is 0 Å². The summed E-state index contributed by atoms with van der Waals surface area (Å²) < 4.78 is 10.4. The number of ether oxygens (including phenoxy) is 2. The van der Waals surface area contributed by atoms with Crippen LogP contribution in [0, 0.1) is 5.92 Å². The van der Waals surface area contributed by atoms with E-state index in [9.17, 15) is 14.4 Å². The van der Waals surface area contributed by atoms with Crippen LogP contribution in [-0.2, 0) is 14.3 Å². The number of amides is 2. The number of nitrogens with one attached hydrogen (secondary N) is 1. The molecule has 4 rings (SSSR count). The number of benzene rings is 3. The Hall–Kier alpha value is -3.87. The number of fused-ring (bicyclic) bond motifs is 1. The lowest BCUT2D eigenvalue weighted by Crippen LogP contribution is -2.44. The topological polar surface area (TPSA) is 84.9 Å². The zero-order valence-corrected chi connectivity index (χ0v) is 20.7. The summed E-state index contributed by atoms with van der Waals surface area (Å²) in [4.78, 5) is 40.5. The lowest BCUT2D eigenvalue weighted by Gasteiger charge is -2.32. The fourth-order valence-corrected chi connectivity index (χ4v) is 4.71. The van der Waals surface area contributed by atoms with Crippen LogP contribution in [0.5, 0.6) is 5.75 Å². The highest BCUT2D eigenvalue weighted by atomic mass is 16.5. The van der Waals surface area contributed by atoms with Crippen molar-refractivity contribution < 1.29 is 23.9 Å². The zero-order chi connectivity index (χ0) is 25.5. The maximum atomic E-state index is 13.3. The van der Waals surface area contributed by atoms with Gasteiger partial charge in [0.2, 0.25) is 5.91 Å². The van der Waals surface area contributed by atoms with Gasteiger partial charge in [0.15, 0.2) is 0 Å². The summed E-state index contributed by atoms with van der Waals surface area (Å²) >= 11 is 0. The molecule has 0 radical (unpaired) electrons. The van der Waals surface area contributed by atoms with Crippen molar-refractivity contribution in [3.63, 3.8) is 0 Å². The number of nitrogens with zero attached hydrogens (tertiary/aromatic N) is 1. The number of hydrogen-bond donors (Lipinski definition) is 1. The average Bonchev–Trinajstić information content (AvgIpc) is 2.92. The molecule has 0 saturated carbocycles. The van der Waals surface area contributed by atoms with Gasteiger partial charge in [-0.25, -0.2) is 0 Å². The van der Waals surface area contributed by atoms with Gasteiger partial charge in [-0.05, 0) is 54.3 Å². The summed E-state index contributed by atoms with van der Waals surface area (Å²) in [7, 11) is 1.57. The Morgan fingerprint density at radius 2 is 1.72 bits per heavy atom. The first kappa shape index (κ1) is 25.2. The van der Waals surface area contributed by atoms with Crippen LogP contribution in [-0.4, -0.2) is 49.5 Å². The van der Waals surface area contributed by atoms with Gasteiger partial charge in [0.25, 0.3) is 5.91 Å². The van der Waals surface area contributed by atoms with Gasteiger partial charge in [0, 0.05) is 24.6 Å². The third-order valence-corrected chi connectivity index (χ3v) is 6.66. The predicted molar refractivity (Wildman–Crippen MR) is 138 cm³/mol. The van der Waals surface area contributed by atoms with Crippen LogP contribution < -0.4 is 10.1 Å². The molecular weight excluding hydrogens is 456 g/mol. The quantitative estimate of drug-likeness (QED) is 0.472. The summed E-state index contributed by atoms with van der Waals surface area (Å²) in [5.41, 5.74) is 1.46. The summed E-state index contributed by atoms with van der Waals surface area (Å²) in [5, 5.41) is 5.01. The normalized spacial score (nSPS) is 14.8. The minimum absolute atomic E-state index is 0.0118. The van der Waals surface area contributed by atoms with E-state index in [1.807, 2.05) is 71.6 Å². The van der Waals surface area contributed by atoms with Gasteiger partial charge in [0.1, 0.15) is 5.75 Å². The molecular formula is C29H32N2O5. The molecule has 1 unspecified atom stereocenters. The maximum Gasteiger partial charge on any atom is 0.308 e. The summed E-state index contributed by atoms with van der Waals surface area (Å²) in [6.45, 7) is 3.04. The van der Waals surface area contributed by atoms with Gasteiger partial charge >= 0.3 is 5.97 Å². The number of hydrogen-bond acceptors (Lipinski definition) is 5. The summed E-state index contributed by atoms with van der Waals surface area (Å²) in [6.07, 6.45) is 1.16. The molecule has 2 amide bonds. The number of carbonyl (C=O) groups excluding carboxylic acids is 3. The van der Waals surface area contributed by atoms with E-state index < -0.39 is 6.04 Å². The van der Waals surface area contributed by atoms with Crippen molar-refractivity contribution >= 4 is 28.6 Å². The number of likely N-dealkylation sites (tertiary alicyclic amines) is 1. The van der Waals surface area contributed by atoms with Crippen molar-refractivity contribution in [1.82, 2.24) is 10.2 Å². The Morgan fingerprint density at radius 3 is 2.47 bits per heavy atom. The summed E-state index contributed by atoms with van der Waals surface area (Å²) in [6, 6.07) is 20.4. The van der Waals surface area contributed by atoms with Crippen molar-refractivity contribution in [2.75, 3.05) is 26.8 Å². The molecule has 0 aliphatic carbocycles. The van der Waals surface area contributed by atoms with Crippen molar-refractivity contribution in [3.8, 4) is 5.75 Å². The molecule has 0 spiro atoms. The molecule has 0 aromatic heterocycles. The second kappa shape index (κ2) is 11.7. The van der Waals surface area contributed by atoms with E-state index in [-0.39, 0.29) is 36.7 Å². The number of rotatable bonds is 8. The van der Waals surface area contributed by atoms with E-state index in [2.05, 4.69) is 5.32 Å². The highest BCUT2D eigenvalue weighted by Crippen LogP contribution is 2.26. The third-order valence-electron chi connectivity index (χ3n) is 6.66. The van der Waals surface area contributed by atoms with E-state index in [1.54, 1.807) is 14.0 Å². The number of piperidine rings is 1. The number of methoxy groups -OCH3 is 1. The van der Waals surface area contributed by atoms with Gasteiger partial charge < -0.3 is 19.7 Å². The Bertz CT molecular complexity index is 1230. The Morgan fingerprint density at radius 1 is 1.00 bits per heavy atom. The standard InChI is InChI=1S/C29H32N2O5/c1-3-36-27(32)19-26(22-10-6-11-23(18-22)35-2)30-28(33)21-14-16-31(17-15-21)29(34)25-13-7-9-20-8-4-5-12-24(20)25/h4-13,18,21,26H,3,14-17,19H2,1-2H3,(H,30,33). The first-order chi connectivity index (χ1) is 17.5. The minimum Gasteiger partial charge on any atom is -0.497 e. The monoisotopic (exact) mass is 488 g/mol. The largest absolute Gasteiger partial charge is 0.497 e. The molecule has 1 atom stereocenters. The third kappa shape index (κ3) is 5.85. The zero-order valence-electron chi connectivity index (χ0n) is 20.7. The maximum absolute atomic E-state index is 13.3. The molecule has 7 nitrogen and oxygen atoms in total. The van der Waals surface area contributed by atoms with Gasteiger partial charge in [0.05, 0.1) is 26.2 Å². The Balaban J connectivity index is 1.41. The van der Waals surface area contributed by atoms with Gasteiger partial charge in [-0.2, -0.15) is 0 Å². The van der Waals surface area contributed by atoms with Crippen LogP contribution in [0.4, 0.5) is 0 Å². The van der Waals surface area contributed by atoms with Crippen LogP contribution in [0.25, 0.3) is 10.8 Å². The van der Waals surface area contributed by atoms with Crippen LogP contribution in [0.15, 0.2) is 66.7 Å². The van der Waals surface area contributed by atoms with E-state index >= 15 is 0 Å². The fraction of sp³-hybridized carbons (Fsp3) is 0.345. The first-order valence-corrected chi connectivity index (χ1v) is 12.4. The molecule has 1 aliphatic heterocycles. The average molecular weight is 489 g/mol. The minimum atomic E-state index is -0.526. The van der Waals surface area contributed by atoms with E-state index in [0.29, 0.717) is 37.2 Å². The second-order valence-corrected chi connectivity index (χ2v) is 8.94. The van der Waals surface area contributed by atoms with Crippen molar-refractivity contribution in [3.05, 3.63) is 77.9 Å². The molecule has 1 N–H and O–H groups in total. The summed E-state index contributed by atoms with van der Waals surface area (Å²) in [5.74, 6) is -0.0968.